The molecule has 4 rings (SSSR count). The summed E-state index contributed by atoms with van der Waals surface area (Å²) >= 11 is 0. The molecule has 0 spiro atoms. The van der Waals surface area contributed by atoms with Crippen molar-refractivity contribution < 1.29 is 14.7 Å². The topological polar surface area (TPSA) is 117 Å². The Morgan fingerprint density at radius 2 is 1.87 bits per heavy atom. The van der Waals surface area contributed by atoms with E-state index in [0.717, 1.165) is 12.1 Å². The molecule has 8 heteroatoms. The number of nitrogens with two attached hydrogens (primary N) is 1. The van der Waals surface area contributed by atoms with E-state index in [-0.39, 0.29) is 36.0 Å². The molecule has 162 valence electrons. The number of aromatic nitrogens is 1. The van der Waals surface area contributed by atoms with Crippen LogP contribution in [0.1, 0.15) is 41.1 Å². The number of hydrogen-bond acceptors (Lipinski definition) is 5. The lowest BCUT2D eigenvalue weighted by molar-refractivity contribution is -0.116. The van der Waals surface area contributed by atoms with Crippen molar-refractivity contribution in [2.24, 2.45) is 5.73 Å². The number of anilines is 1. The normalized spacial score (nSPS) is 16.9. The summed E-state index contributed by atoms with van der Waals surface area (Å²) in [6.07, 6.45) is 3.40. The summed E-state index contributed by atoms with van der Waals surface area (Å²) in [4.78, 5) is 28.7. The fourth-order valence-electron chi connectivity index (χ4n) is 3.54. The van der Waals surface area contributed by atoms with E-state index in [1.54, 1.807) is 24.4 Å². The minimum absolute atomic E-state index is 0. The lowest BCUT2D eigenvalue weighted by Crippen LogP contribution is -2.25. The molecule has 0 aliphatic heterocycles. The zero-order chi connectivity index (χ0) is 21.1. The van der Waals surface area contributed by atoms with Gasteiger partial charge in [0.15, 0.2) is 0 Å². The van der Waals surface area contributed by atoms with Crippen LogP contribution in [0.25, 0.3) is 10.9 Å². The Morgan fingerprint density at radius 1 is 1.13 bits per heavy atom. The standard InChI is InChI=1S/C23H24N4O3.ClH/c24-19-13-18(19)14-5-7-15(8-6-14)27-21(29)4-2-12-26-23(30)17-9-10-20(28)22-16(17)3-1-11-25-22;/h1,3,5-11,18-19,28H,2,4,12-13,24H2,(H,26,30)(H,27,29);1H. The molecule has 1 aliphatic carbocycles. The fourth-order valence-corrected chi connectivity index (χ4v) is 3.54. The summed E-state index contributed by atoms with van der Waals surface area (Å²) in [6, 6.07) is 14.5. The molecule has 31 heavy (non-hydrogen) atoms. The highest BCUT2D eigenvalue weighted by atomic mass is 35.5. The van der Waals surface area contributed by atoms with Gasteiger partial charge < -0.3 is 21.5 Å². The van der Waals surface area contributed by atoms with Crippen molar-refractivity contribution >= 4 is 40.8 Å². The molecule has 1 aromatic heterocycles. The van der Waals surface area contributed by atoms with E-state index >= 15 is 0 Å². The minimum Gasteiger partial charge on any atom is -0.506 e. The van der Waals surface area contributed by atoms with Crippen molar-refractivity contribution in [2.45, 2.75) is 31.2 Å². The average molecular weight is 441 g/mol. The minimum atomic E-state index is -0.262. The molecule has 0 saturated heterocycles. The fraction of sp³-hybridized carbons (Fsp3) is 0.261. The van der Waals surface area contributed by atoms with Crippen LogP contribution in [0.3, 0.4) is 0 Å². The molecule has 2 amide bonds. The Balaban J connectivity index is 0.00000272. The first-order valence-electron chi connectivity index (χ1n) is 10.0. The van der Waals surface area contributed by atoms with Gasteiger partial charge in [0.05, 0.1) is 0 Å². The molecule has 0 bridgehead atoms. The van der Waals surface area contributed by atoms with Crippen molar-refractivity contribution in [3.63, 3.8) is 0 Å². The van der Waals surface area contributed by atoms with Crippen LogP contribution in [-0.2, 0) is 4.79 Å². The number of nitrogens with one attached hydrogen (secondary N) is 2. The number of halogens is 1. The van der Waals surface area contributed by atoms with E-state index in [1.165, 1.54) is 11.6 Å². The van der Waals surface area contributed by atoms with Crippen molar-refractivity contribution in [3.8, 4) is 5.75 Å². The summed E-state index contributed by atoms with van der Waals surface area (Å²) < 4.78 is 0. The number of benzene rings is 2. The molecule has 7 nitrogen and oxygen atoms in total. The Bertz CT molecular complexity index is 1090. The van der Waals surface area contributed by atoms with E-state index in [9.17, 15) is 14.7 Å². The monoisotopic (exact) mass is 440 g/mol. The predicted octanol–water partition coefficient (Wildman–Crippen LogP) is 3.33. The van der Waals surface area contributed by atoms with Gasteiger partial charge in [0.1, 0.15) is 11.3 Å². The quantitative estimate of drug-likeness (QED) is 0.420. The van der Waals surface area contributed by atoms with Crippen LogP contribution in [0.2, 0.25) is 0 Å². The van der Waals surface area contributed by atoms with E-state index in [0.29, 0.717) is 41.8 Å². The highest BCUT2D eigenvalue weighted by molar-refractivity contribution is 6.07. The number of carbonyl (C=O) groups is 2. The Labute approximate surface area is 186 Å². The first-order chi connectivity index (χ1) is 14.5. The predicted molar refractivity (Wildman–Crippen MR) is 123 cm³/mol. The number of amides is 2. The molecule has 1 saturated carbocycles. The number of nitrogens with zero attached hydrogens (tertiary/aromatic N) is 1. The molecular formula is C23H25ClN4O3. The molecule has 5 N–H and O–H groups in total. The first kappa shape index (κ1) is 22.5. The molecule has 2 aromatic carbocycles. The van der Waals surface area contributed by atoms with Gasteiger partial charge in [-0.25, -0.2) is 0 Å². The third kappa shape index (κ3) is 5.31. The van der Waals surface area contributed by atoms with Crippen molar-refractivity contribution in [1.29, 1.82) is 0 Å². The lowest BCUT2D eigenvalue weighted by Gasteiger charge is -2.09. The lowest BCUT2D eigenvalue weighted by atomic mass is 10.1. The maximum atomic E-state index is 12.5. The second-order valence-electron chi connectivity index (χ2n) is 7.57. The molecule has 1 heterocycles. The van der Waals surface area contributed by atoms with Crippen LogP contribution in [-0.4, -0.2) is 34.5 Å². The number of phenols is 1. The van der Waals surface area contributed by atoms with Crippen molar-refractivity contribution in [3.05, 3.63) is 65.9 Å². The second-order valence-corrected chi connectivity index (χ2v) is 7.57. The summed E-state index contributed by atoms with van der Waals surface area (Å²) in [5.74, 6) is 0.119. The molecule has 0 radical (unpaired) electrons. The van der Waals surface area contributed by atoms with E-state index < -0.39 is 0 Å². The van der Waals surface area contributed by atoms with Gasteiger partial charge in [-0.2, -0.15) is 0 Å². The van der Waals surface area contributed by atoms with Gasteiger partial charge in [-0.05, 0) is 48.7 Å². The number of hydrogen-bond donors (Lipinski definition) is 4. The van der Waals surface area contributed by atoms with Gasteiger partial charge in [-0.1, -0.05) is 18.2 Å². The Kier molecular flexibility index (Phi) is 7.09. The van der Waals surface area contributed by atoms with Crippen LogP contribution in [0.4, 0.5) is 5.69 Å². The van der Waals surface area contributed by atoms with Gasteiger partial charge >= 0.3 is 0 Å². The summed E-state index contributed by atoms with van der Waals surface area (Å²) in [5.41, 5.74) is 8.66. The smallest absolute Gasteiger partial charge is 0.251 e. The maximum Gasteiger partial charge on any atom is 0.251 e. The molecule has 2 unspecified atom stereocenters. The van der Waals surface area contributed by atoms with Crippen LogP contribution in [0, 0.1) is 0 Å². The van der Waals surface area contributed by atoms with E-state index in [1.807, 2.05) is 24.3 Å². The van der Waals surface area contributed by atoms with Gasteiger partial charge in [0.2, 0.25) is 5.91 Å². The zero-order valence-corrected chi connectivity index (χ0v) is 17.7. The average Bonchev–Trinajstić information content (AvgIpc) is 3.48. The van der Waals surface area contributed by atoms with Crippen LogP contribution in [0.5, 0.6) is 5.75 Å². The summed E-state index contributed by atoms with van der Waals surface area (Å²) in [7, 11) is 0. The van der Waals surface area contributed by atoms with E-state index in [4.69, 9.17) is 5.73 Å². The van der Waals surface area contributed by atoms with Crippen molar-refractivity contribution in [1.82, 2.24) is 10.3 Å². The highest BCUT2D eigenvalue weighted by Gasteiger charge is 2.34. The first-order valence-corrected chi connectivity index (χ1v) is 10.0. The molecule has 2 atom stereocenters. The third-order valence-corrected chi connectivity index (χ3v) is 5.32. The summed E-state index contributed by atoms with van der Waals surface area (Å²) in [6.45, 7) is 0.368. The van der Waals surface area contributed by atoms with Crippen LogP contribution in [0.15, 0.2) is 54.7 Å². The number of pyridine rings is 1. The summed E-state index contributed by atoms with van der Waals surface area (Å²) in [5, 5.41) is 16.2. The number of fused-ring (bicyclic) bond motifs is 1. The number of rotatable bonds is 7. The number of phenolic OH excluding ortho intramolecular Hbond substituents is 1. The zero-order valence-electron chi connectivity index (χ0n) is 16.9. The molecular weight excluding hydrogens is 416 g/mol. The Morgan fingerprint density at radius 3 is 2.58 bits per heavy atom. The third-order valence-electron chi connectivity index (χ3n) is 5.32. The molecule has 1 fully saturated rings. The number of aromatic hydroxyl groups is 1. The van der Waals surface area contributed by atoms with Gasteiger partial charge in [0, 0.05) is 47.8 Å². The van der Waals surface area contributed by atoms with Gasteiger partial charge in [-0.3, -0.25) is 14.6 Å². The van der Waals surface area contributed by atoms with Gasteiger partial charge in [-0.15, -0.1) is 12.4 Å². The largest absolute Gasteiger partial charge is 0.506 e. The Hall–Kier alpha value is -3.16. The van der Waals surface area contributed by atoms with Crippen LogP contribution >= 0.6 is 12.4 Å². The van der Waals surface area contributed by atoms with E-state index in [2.05, 4.69) is 15.6 Å². The number of carbonyl (C=O) groups excluding carboxylic acids is 2. The maximum absolute atomic E-state index is 12.5. The molecule has 3 aromatic rings. The molecule has 1 aliphatic rings. The van der Waals surface area contributed by atoms with Gasteiger partial charge in [0.25, 0.3) is 5.91 Å². The second kappa shape index (κ2) is 9.76. The van der Waals surface area contributed by atoms with Crippen molar-refractivity contribution in [2.75, 3.05) is 11.9 Å². The highest BCUT2D eigenvalue weighted by Crippen LogP contribution is 2.39. The van der Waals surface area contributed by atoms with Crippen LogP contribution < -0.4 is 16.4 Å². The SMILES string of the molecule is Cl.NC1CC1c1ccc(NC(=O)CCCNC(=O)c2ccc(O)c3ncccc23)cc1.